The summed E-state index contributed by atoms with van der Waals surface area (Å²) in [5.74, 6) is 5.74. The van der Waals surface area contributed by atoms with Gasteiger partial charge < -0.3 is 0 Å². The van der Waals surface area contributed by atoms with Gasteiger partial charge in [0, 0.05) is 11.7 Å². The van der Waals surface area contributed by atoms with Crippen LogP contribution in [0, 0.1) is 17.3 Å². The summed E-state index contributed by atoms with van der Waals surface area (Å²) in [5.41, 5.74) is -0.151. The summed E-state index contributed by atoms with van der Waals surface area (Å²) < 4.78 is 21.6. The molecule has 76 valence electrons. The van der Waals surface area contributed by atoms with E-state index in [2.05, 4.69) is 11.8 Å². The molecule has 0 bridgehead atoms. The second-order valence-corrected chi connectivity index (χ2v) is 7.35. The molecule has 0 amide bonds. The third-order valence-corrected chi connectivity index (χ3v) is 3.62. The van der Waals surface area contributed by atoms with Crippen LogP contribution in [0.1, 0.15) is 34.6 Å². The highest BCUT2D eigenvalue weighted by Crippen LogP contribution is 2.16. The van der Waals surface area contributed by atoms with Crippen molar-refractivity contribution in [3.8, 4) is 11.8 Å². The Labute approximate surface area is 81.6 Å². The molecule has 0 rings (SSSR count). The van der Waals surface area contributed by atoms with Crippen LogP contribution in [0.3, 0.4) is 0 Å². The minimum absolute atomic E-state index is 0.151. The molecule has 0 aromatic rings. The standard InChI is InChI=1S/C10H18O2S/c1-9(2,3)7-8-10(4,5)13(6,11)12/h1-6H3. The first-order chi connectivity index (χ1) is 5.46. The smallest absolute Gasteiger partial charge is 0.163 e. The molecule has 3 heteroatoms. The highest BCUT2D eigenvalue weighted by atomic mass is 32.2. The third-order valence-electron chi connectivity index (χ3n) is 1.67. The fourth-order valence-corrected chi connectivity index (χ4v) is 0.667. The van der Waals surface area contributed by atoms with Crippen molar-refractivity contribution in [2.45, 2.75) is 39.4 Å². The van der Waals surface area contributed by atoms with Crippen LogP contribution in [0.15, 0.2) is 0 Å². The molecule has 0 N–H and O–H groups in total. The molecule has 13 heavy (non-hydrogen) atoms. The summed E-state index contributed by atoms with van der Waals surface area (Å²) in [5, 5.41) is 0. The Balaban J connectivity index is 5.00. The molecular weight excluding hydrogens is 184 g/mol. The molecule has 0 radical (unpaired) electrons. The summed E-state index contributed by atoms with van der Waals surface area (Å²) in [7, 11) is -3.10. The minimum Gasteiger partial charge on any atom is -0.228 e. The fourth-order valence-electron chi connectivity index (χ4n) is 0.431. The van der Waals surface area contributed by atoms with Crippen LogP contribution in [-0.2, 0) is 9.84 Å². The molecule has 0 aromatic carbocycles. The van der Waals surface area contributed by atoms with Crippen LogP contribution in [0.4, 0.5) is 0 Å². The molecule has 0 aliphatic carbocycles. The van der Waals surface area contributed by atoms with E-state index in [0.717, 1.165) is 0 Å². The lowest BCUT2D eigenvalue weighted by Gasteiger charge is -2.16. The molecule has 0 saturated carbocycles. The molecule has 0 fully saturated rings. The average molecular weight is 202 g/mol. The van der Waals surface area contributed by atoms with Crippen LogP contribution in [0.2, 0.25) is 0 Å². The Morgan fingerprint density at radius 1 is 0.923 bits per heavy atom. The zero-order chi connectivity index (χ0) is 10.9. The zero-order valence-corrected chi connectivity index (χ0v) is 10.0. The summed E-state index contributed by atoms with van der Waals surface area (Å²) in [6, 6.07) is 0. The number of sulfone groups is 1. The first kappa shape index (κ1) is 12.5. The molecule has 0 saturated heterocycles. The lowest BCUT2D eigenvalue weighted by molar-refractivity contribution is 0.565. The van der Waals surface area contributed by atoms with Crippen LogP contribution in [-0.4, -0.2) is 19.4 Å². The fraction of sp³-hybridized carbons (Fsp3) is 0.800. The van der Waals surface area contributed by atoms with E-state index in [1.807, 2.05) is 20.8 Å². The van der Waals surface area contributed by atoms with Crippen molar-refractivity contribution in [1.82, 2.24) is 0 Å². The van der Waals surface area contributed by atoms with Gasteiger partial charge in [0.15, 0.2) is 9.84 Å². The molecule has 0 spiro atoms. The van der Waals surface area contributed by atoms with Crippen molar-refractivity contribution < 1.29 is 8.42 Å². The Hall–Kier alpha value is -0.490. The van der Waals surface area contributed by atoms with E-state index >= 15 is 0 Å². The molecule has 0 unspecified atom stereocenters. The lowest BCUT2D eigenvalue weighted by atomic mass is 9.97. The predicted octanol–water partition coefficient (Wildman–Crippen LogP) is 1.86. The minimum atomic E-state index is -3.10. The highest BCUT2D eigenvalue weighted by molar-refractivity contribution is 7.92. The summed E-state index contributed by atoms with van der Waals surface area (Å²) in [4.78, 5) is 0. The number of hydrogen-bond acceptors (Lipinski definition) is 2. The Bertz CT molecular complexity index is 331. The van der Waals surface area contributed by atoms with Gasteiger partial charge in [-0.05, 0) is 34.6 Å². The van der Waals surface area contributed by atoms with E-state index in [9.17, 15) is 8.42 Å². The van der Waals surface area contributed by atoms with Gasteiger partial charge in [-0.1, -0.05) is 11.8 Å². The maximum atomic E-state index is 11.3. The number of rotatable bonds is 1. The van der Waals surface area contributed by atoms with Gasteiger partial charge in [0.2, 0.25) is 0 Å². The molecule has 0 aliphatic heterocycles. The van der Waals surface area contributed by atoms with Gasteiger partial charge in [0.05, 0.1) is 0 Å². The van der Waals surface area contributed by atoms with Crippen molar-refractivity contribution in [2.24, 2.45) is 5.41 Å². The SMILES string of the molecule is CC(C)(C)C#CC(C)(C)S(C)(=O)=O. The quantitative estimate of drug-likeness (QED) is 0.608. The molecule has 0 aliphatic rings. The van der Waals surface area contributed by atoms with Gasteiger partial charge in [0.1, 0.15) is 4.75 Å². The van der Waals surface area contributed by atoms with Crippen molar-refractivity contribution in [2.75, 3.05) is 6.26 Å². The van der Waals surface area contributed by atoms with Gasteiger partial charge in [-0.2, -0.15) is 0 Å². The Morgan fingerprint density at radius 2 is 1.31 bits per heavy atom. The Morgan fingerprint density at radius 3 is 1.54 bits per heavy atom. The van der Waals surface area contributed by atoms with Gasteiger partial charge in [-0.25, -0.2) is 8.42 Å². The molecular formula is C10H18O2S. The van der Waals surface area contributed by atoms with Crippen LogP contribution >= 0.6 is 0 Å². The van der Waals surface area contributed by atoms with Crippen molar-refractivity contribution in [1.29, 1.82) is 0 Å². The first-order valence-electron chi connectivity index (χ1n) is 4.20. The Kier molecular flexibility index (Phi) is 3.21. The van der Waals surface area contributed by atoms with Crippen molar-refractivity contribution in [3.63, 3.8) is 0 Å². The van der Waals surface area contributed by atoms with Gasteiger partial charge in [0.25, 0.3) is 0 Å². The van der Waals surface area contributed by atoms with E-state index in [-0.39, 0.29) is 5.41 Å². The van der Waals surface area contributed by atoms with E-state index < -0.39 is 14.6 Å². The van der Waals surface area contributed by atoms with E-state index in [4.69, 9.17) is 0 Å². The lowest BCUT2D eigenvalue weighted by Crippen LogP contribution is -2.29. The van der Waals surface area contributed by atoms with E-state index in [0.29, 0.717) is 0 Å². The molecule has 0 aromatic heterocycles. The summed E-state index contributed by atoms with van der Waals surface area (Å²) in [6.45, 7) is 9.12. The third kappa shape index (κ3) is 4.33. The normalized spacial score (nSPS) is 13.4. The number of hydrogen-bond donors (Lipinski definition) is 0. The predicted molar refractivity (Wildman–Crippen MR) is 56.2 cm³/mol. The summed E-state index contributed by atoms with van der Waals surface area (Å²) in [6.07, 6.45) is 1.21. The van der Waals surface area contributed by atoms with Crippen molar-refractivity contribution >= 4 is 9.84 Å². The van der Waals surface area contributed by atoms with E-state index in [1.54, 1.807) is 13.8 Å². The molecule has 2 nitrogen and oxygen atoms in total. The molecule has 0 atom stereocenters. The van der Waals surface area contributed by atoms with E-state index in [1.165, 1.54) is 6.26 Å². The largest absolute Gasteiger partial charge is 0.228 e. The molecule has 0 heterocycles. The zero-order valence-electron chi connectivity index (χ0n) is 9.22. The second-order valence-electron chi connectivity index (χ2n) is 4.78. The van der Waals surface area contributed by atoms with Crippen LogP contribution in [0.5, 0.6) is 0 Å². The topological polar surface area (TPSA) is 34.1 Å². The average Bonchev–Trinajstić information content (AvgIpc) is 1.79. The van der Waals surface area contributed by atoms with Crippen LogP contribution < -0.4 is 0 Å². The van der Waals surface area contributed by atoms with Gasteiger partial charge in [-0.15, -0.1) is 0 Å². The maximum absolute atomic E-state index is 11.3. The monoisotopic (exact) mass is 202 g/mol. The maximum Gasteiger partial charge on any atom is 0.163 e. The van der Waals surface area contributed by atoms with Gasteiger partial charge in [-0.3, -0.25) is 0 Å². The van der Waals surface area contributed by atoms with Gasteiger partial charge >= 0.3 is 0 Å². The first-order valence-corrected chi connectivity index (χ1v) is 6.09. The second kappa shape index (κ2) is 3.34. The van der Waals surface area contributed by atoms with Crippen molar-refractivity contribution in [3.05, 3.63) is 0 Å². The van der Waals surface area contributed by atoms with Crippen LogP contribution in [0.25, 0.3) is 0 Å². The summed E-state index contributed by atoms with van der Waals surface area (Å²) >= 11 is 0. The highest BCUT2D eigenvalue weighted by Gasteiger charge is 2.27.